The molecule has 80 heavy (non-hydrogen) atoms. The average Bonchev–Trinajstić information content (AvgIpc) is 3.47. The number of carboxylic acid groups (broad SMARTS) is 2. The van der Waals surface area contributed by atoms with E-state index in [-0.39, 0.29) is 79.1 Å². The number of alkyl halides is 13. The van der Waals surface area contributed by atoms with Gasteiger partial charge in [-0.05, 0) is 86.1 Å². The van der Waals surface area contributed by atoms with Crippen LogP contribution in [0.1, 0.15) is 62.5 Å². The molecule has 7 rings (SSSR count). The minimum Gasteiger partial charge on any atom is -0.480 e. The second-order valence-electron chi connectivity index (χ2n) is 18.3. The second kappa shape index (κ2) is 25.8. The van der Waals surface area contributed by atoms with E-state index in [1.165, 1.54) is 85.2 Å². The Morgan fingerprint density at radius 3 is 1.29 bits per heavy atom. The van der Waals surface area contributed by atoms with E-state index < -0.39 is 103 Å². The van der Waals surface area contributed by atoms with Crippen LogP contribution in [0.25, 0.3) is 22.5 Å². The Hall–Kier alpha value is -6.02. The molecule has 3 aliphatic rings. The first-order valence-electron chi connectivity index (χ1n) is 23.8. The molecule has 16 nitrogen and oxygen atoms in total. The molecule has 0 aliphatic carbocycles. The van der Waals surface area contributed by atoms with E-state index in [1.54, 1.807) is 0 Å². The molecule has 1 unspecified atom stereocenters. The predicted octanol–water partition coefficient (Wildman–Crippen LogP) is 9.35. The fraction of sp³-hybridized carbons (Fsp3) is 0.490. The SMILES string of the molecule is O=C(NOC1CCCOC1)C1(S(=O)(=O)c2ccc(-c3ccc(CCC(F)(F)C(F)(F)F)cn3)cc2)CCOCC1.O=C(O)C(F)(F)F.O=C(O)C1(S(=O)(=O)c2ccc(-c3ccc(CCC(F)(F)C(F)(F)F)cn3)cc2)CCOCC1. The molecule has 3 aliphatic heterocycles. The maximum absolute atomic E-state index is 13.8. The highest BCUT2D eigenvalue weighted by Gasteiger charge is 2.58. The zero-order valence-corrected chi connectivity index (χ0v) is 43.1. The van der Waals surface area contributed by atoms with Crippen LogP contribution >= 0.6 is 0 Å². The molecule has 3 N–H and O–H groups in total. The number of nitrogens with one attached hydrogen (secondary N) is 1. The number of rotatable bonds is 16. The molecule has 0 radical (unpaired) electrons. The number of carbonyl (C=O) groups excluding carboxylic acids is 1. The summed E-state index contributed by atoms with van der Waals surface area (Å²) in [4.78, 5) is 47.3. The van der Waals surface area contributed by atoms with Crippen molar-refractivity contribution in [1.29, 1.82) is 0 Å². The van der Waals surface area contributed by atoms with Crippen molar-refractivity contribution in [1.82, 2.24) is 15.4 Å². The number of aliphatic carboxylic acids is 2. The van der Waals surface area contributed by atoms with Gasteiger partial charge in [-0.1, -0.05) is 36.4 Å². The Kier molecular flexibility index (Phi) is 20.9. The van der Waals surface area contributed by atoms with E-state index in [4.69, 9.17) is 28.9 Å². The Labute approximate surface area is 447 Å². The van der Waals surface area contributed by atoms with Crippen LogP contribution < -0.4 is 5.48 Å². The lowest BCUT2D eigenvalue weighted by molar-refractivity contribution is -0.284. The van der Waals surface area contributed by atoms with Crippen LogP contribution in [0.4, 0.5) is 57.1 Å². The predicted molar refractivity (Wildman–Crippen MR) is 252 cm³/mol. The topological polar surface area (TPSA) is 235 Å². The Bertz CT molecular complexity index is 2950. The van der Waals surface area contributed by atoms with Gasteiger partial charge in [-0.3, -0.25) is 24.4 Å². The van der Waals surface area contributed by atoms with E-state index in [0.29, 0.717) is 42.1 Å². The molecule has 3 fully saturated rings. The molecule has 0 spiro atoms. The third-order valence-corrected chi connectivity index (χ3v) is 18.0. The lowest BCUT2D eigenvalue weighted by Crippen LogP contribution is -2.56. The zero-order valence-electron chi connectivity index (χ0n) is 41.5. The molecule has 2 aromatic heterocycles. The van der Waals surface area contributed by atoms with E-state index in [0.717, 1.165) is 6.42 Å². The highest BCUT2D eigenvalue weighted by atomic mass is 32.2. The number of hydrogen-bond acceptors (Lipinski definition) is 13. The van der Waals surface area contributed by atoms with Crippen LogP contribution in [-0.4, -0.2) is 140 Å². The van der Waals surface area contributed by atoms with Gasteiger partial charge in [0.2, 0.25) is 0 Å². The Morgan fingerprint density at radius 1 is 0.575 bits per heavy atom. The molecule has 2 aromatic carbocycles. The lowest BCUT2D eigenvalue weighted by Gasteiger charge is -2.35. The molecule has 0 saturated carbocycles. The van der Waals surface area contributed by atoms with Gasteiger partial charge in [-0.15, -0.1) is 0 Å². The maximum atomic E-state index is 13.8. The van der Waals surface area contributed by atoms with Crippen LogP contribution in [0.15, 0.2) is 95.0 Å². The molecule has 31 heteroatoms. The smallest absolute Gasteiger partial charge is 0.480 e. The van der Waals surface area contributed by atoms with Crippen LogP contribution in [0.5, 0.6) is 0 Å². The summed E-state index contributed by atoms with van der Waals surface area (Å²) in [5.74, 6) is -14.6. The number of benzene rings is 2. The minimum absolute atomic E-state index is 0.00872. The van der Waals surface area contributed by atoms with E-state index in [2.05, 4.69) is 15.4 Å². The van der Waals surface area contributed by atoms with E-state index in [1.807, 2.05) is 0 Å². The Balaban J connectivity index is 0.000000266. The van der Waals surface area contributed by atoms with Gasteiger partial charge in [0.15, 0.2) is 29.2 Å². The zero-order chi connectivity index (χ0) is 59.6. The molecule has 4 aromatic rings. The number of hydroxylamine groups is 1. The minimum atomic E-state index is -5.62. The molecule has 442 valence electrons. The standard InChI is InChI=1S/C26H29F5N2O6S.C21H20F5NO5S.C2HF3O2/c27-25(28,26(29,30)31)10-9-18-3-8-22(32-16-18)19-4-6-21(7-5-19)40(35,36)24(11-14-37-15-12-24)23(34)33-39-20-2-1-13-38-17-20;22-20(23,21(24,25)26)8-7-14-1-6-17(27-13-14)15-2-4-16(5-3-15)33(30,31)19(18(28)29)9-11-32-12-10-19;3-2(4,5)1(6)7/h3-8,16,20H,1-2,9-15,17H2,(H,33,34);1-6,13H,7-12H2,(H,28,29);(H,6,7). The molecule has 3 saturated heterocycles. The molecular weight excluding hydrogens is 1150 g/mol. The van der Waals surface area contributed by atoms with Gasteiger partial charge in [0, 0.05) is 82.2 Å². The number of nitrogens with zero attached hydrogens (tertiary/aromatic N) is 2. The van der Waals surface area contributed by atoms with Crippen LogP contribution in [0.2, 0.25) is 0 Å². The monoisotopic (exact) mass is 1200 g/mol. The van der Waals surface area contributed by atoms with Gasteiger partial charge in [0.05, 0.1) is 27.8 Å². The first-order chi connectivity index (χ1) is 37.1. The second-order valence-corrected chi connectivity index (χ2v) is 22.8. The highest BCUT2D eigenvalue weighted by Crippen LogP contribution is 2.41. The van der Waals surface area contributed by atoms with Gasteiger partial charge in [-0.2, -0.15) is 57.1 Å². The van der Waals surface area contributed by atoms with E-state index in [9.17, 15) is 88.6 Å². The molecule has 1 amide bonds. The van der Waals surface area contributed by atoms with Crippen molar-refractivity contribution in [3.8, 4) is 22.5 Å². The number of hydrogen-bond donors (Lipinski definition) is 3. The fourth-order valence-corrected chi connectivity index (χ4v) is 11.9. The first-order valence-corrected chi connectivity index (χ1v) is 26.8. The summed E-state index contributed by atoms with van der Waals surface area (Å²) in [6, 6.07) is 16.6. The van der Waals surface area contributed by atoms with Crippen molar-refractivity contribution < 1.29 is 118 Å². The summed E-state index contributed by atoms with van der Waals surface area (Å²) in [5, 5.41) is 16.8. The summed E-state index contributed by atoms with van der Waals surface area (Å²) >= 11 is 0. The van der Waals surface area contributed by atoms with Crippen molar-refractivity contribution in [2.75, 3.05) is 39.6 Å². The van der Waals surface area contributed by atoms with Gasteiger partial charge < -0.3 is 24.4 Å². The summed E-state index contributed by atoms with van der Waals surface area (Å²) in [7, 11) is -8.43. The van der Waals surface area contributed by atoms with Crippen LogP contribution in [0.3, 0.4) is 0 Å². The van der Waals surface area contributed by atoms with Crippen molar-refractivity contribution >= 4 is 37.5 Å². The summed E-state index contributed by atoms with van der Waals surface area (Å²) in [6.45, 7) is 1.05. The largest absolute Gasteiger partial charge is 0.490 e. The number of halogens is 13. The van der Waals surface area contributed by atoms with Gasteiger partial charge >= 0.3 is 42.3 Å². The number of pyridine rings is 2. The highest BCUT2D eigenvalue weighted by molar-refractivity contribution is 7.94. The Morgan fingerprint density at radius 2 is 0.963 bits per heavy atom. The van der Waals surface area contributed by atoms with Crippen molar-refractivity contribution in [3.63, 3.8) is 0 Å². The molecule has 0 bridgehead atoms. The summed E-state index contributed by atoms with van der Waals surface area (Å²) in [5.41, 5.74) is 4.35. The van der Waals surface area contributed by atoms with Gasteiger partial charge in [0.1, 0.15) is 6.10 Å². The molecule has 5 heterocycles. The van der Waals surface area contributed by atoms with Gasteiger partial charge in [0.25, 0.3) is 5.91 Å². The number of aromatic nitrogens is 2. The average molecular weight is 1200 g/mol. The first kappa shape index (κ1) is 64.8. The van der Waals surface area contributed by atoms with Crippen molar-refractivity contribution in [2.24, 2.45) is 0 Å². The van der Waals surface area contributed by atoms with Crippen molar-refractivity contribution in [2.45, 2.75) is 120 Å². The fourth-order valence-electron chi connectivity index (χ4n) is 8.08. The lowest BCUT2D eigenvalue weighted by atomic mass is 9.98. The third-order valence-electron chi connectivity index (χ3n) is 13.0. The number of amides is 1. The van der Waals surface area contributed by atoms with E-state index >= 15 is 0 Å². The summed E-state index contributed by atoms with van der Waals surface area (Å²) < 4.78 is 224. The number of ether oxygens (including phenoxy) is 3. The van der Waals surface area contributed by atoms with Crippen molar-refractivity contribution in [3.05, 3.63) is 96.3 Å². The third kappa shape index (κ3) is 15.5. The molecule has 1 atom stereocenters. The van der Waals surface area contributed by atoms with Gasteiger partial charge in [-0.25, -0.2) is 27.1 Å². The molecular formula is C49H50F13N3O13S2. The quantitative estimate of drug-likeness (QED) is 0.0700. The normalized spacial score (nSPS) is 18.1. The summed E-state index contributed by atoms with van der Waals surface area (Å²) in [6.07, 6.45) is -17.2. The number of sulfone groups is 2. The number of carbonyl (C=O) groups is 3. The maximum Gasteiger partial charge on any atom is 0.490 e. The number of aryl methyl sites for hydroxylation is 2. The van der Waals surface area contributed by atoms with Crippen LogP contribution in [0, 0.1) is 0 Å². The number of carboxylic acids is 2. The van der Waals surface area contributed by atoms with Crippen LogP contribution in [-0.2, 0) is 65.9 Å².